The minimum atomic E-state index is -0.231. The SMILES string of the molecule is CCc1ccccc1NC(=O)c1n[nH]c2ccncc12. The van der Waals surface area contributed by atoms with Gasteiger partial charge in [0.05, 0.1) is 10.9 Å². The van der Waals surface area contributed by atoms with Gasteiger partial charge < -0.3 is 5.32 Å². The molecule has 2 aromatic heterocycles. The molecule has 5 heteroatoms. The van der Waals surface area contributed by atoms with Crippen LogP contribution in [0.25, 0.3) is 10.9 Å². The molecule has 0 unspecified atom stereocenters. The number of nitrogens with one attached hydrogen (secondary N) is 2. The van der Waals surface area contributed by atoms with Crippen LogP contribution in [0.4, 0.5) is 5.69 Å². The Kier molecular flexibility index (Phi) is 3.16. The van der Waals surface area contributed by atoms with Gasteiger partial charge in [0.25, 0.3) is 5.91 Å². The van der Waals surface area contributed by atoms with Gasteiger partial charge >= 0.3 is 0 Å². The highest BCUT2D eigenvalue weighted by atomic mass is 16.1. The number of rotatable bonds is 3. The lowest BCUT2D eigenvalue weighted by Gasteiger charge is -2.08. The highest BCUT2D eigenvalue weighted by Gasteiger charge is 2.15. The van der Waals surface area contributed by atoms with Crippen LogP contribution in [0.3, 0.4) is 0 Å². The number of carbonyl (C=O) groups excluding carboxylic acids is 1. The summed E-state index contributed by atoms with van der Waals surface area (Å²) in [5.74, 6) is -0.231. The van der Waals surface area contributed by atoms with Crippen LogP contribution < -0.4 is 5.32 Å². The van der Waals surface area contributed by atoms with Crippen molar-refractivity contribution < 1.29 is 4.79 Å². The maximum atomic E-state index is 12.3. The Balaban J connectivity index is 1.93. The number of aromatic amines is 1. The summed E-state index contributed by atoms with van der Waals surface area (Å²) in [6, 6.07) is 9.55. The number of H-pyrrole nitrogens is 1. The molecule has 0 bridgehead atoms. The fourth-order valence-electron chi connectivity index (χ4n) is 2.16. The van der Waals surface area contributed by atoms with Crippen molar-refractivity contribution >= 4 is 22.5 Å². The highest BCUT2D eigenvalue weighted by Crippen LogP contribution is 2.19. The van der Waals surface area contributed by atoms with E-state index in [4.69, 9.17) is 0 Å². The summed E-state index contributed by atoms with van der Waals surface area (Å²) in [5.41, 5.74) is 3.08. The van der Waals surface area contributed by atoms with Crippen molar-refractivity contribution in [3.8, 4) is 0 Å². The van der Waals surface area contributed by atoms with E-state index >= 15 is 0 Å². The summed E-state index contributed by atoms with van der Waals surface area (Å²) in [5, 5.41) is 10.5. The zero-order chi connectivity index (χ0) is 13.9. The van der Waals surface area contributed by atoms with Crippen molar-refractivity contribution in [1.29, 1.82) is 0 Å². The van der Waals surface area contributed by atoms with E-state index in [1.165, 1.54) is 0 Å². The standard InChI is InChI=1S/C15H14N4O/c1-2-10-5-3-4-6-12(10)17-15(20)14-11-9-16-8-7-13(11)18-19-14/h3-9H,2H2,1H3,(H,17,20)(H,18,19). The number of carbonyl (C=O) groups is 1. The molecule has 0 saturated carbocycles. The topological polar surface area (TPSA) is 70.7 Å². The molecule has 0 aliphatic rings. The molecule has 0 aliphatic carbocycles. The fourth-order valence-corrected chi connectivity index (χ4v) is 2.16. The number of nitrogens with zero attached hydrogens (tertiary/aromatic N) is 2. The molecule has 3 aromatic rings. The van der Waals surface area contributed by atoms with E-state index in [0.29, 0.717) is 5.69 Å². The van der Waals surface area contributed by atoms with Crippen LogP contribution in [0.15, 0.2) is 42.7 Å². The van der Waals surface area contributed by atoms with Gasteiger partial charge in [-0.3, -0.25) is 14.9 Å². The van der Waals surface area contributed by atoms with E-state index in [9.17, 15) is 4.79 Å². The number of hydrogen-bond acceptors (Lipinski definition) is 3. The quantitative estimate of drug-likeness (QED) is 0.765. The predicted octanol–water partition coefficient (Wildman–Crippen LogP) is 2.77. The molecule has 0 atom stereocenters. The summed E-state index contributed by atoms with van der Waals surface area (Å²) in [4.78, 5) is 16.4. The van der Waals surface area contributed by atoms with Gasteiger partial charge in [0.2, 0.25) is 0 Å². The Hall–Kier alpha value is -2.69. The predicted molar refractivity (Wildman–Crippen MR) is 77.7 cm³/mol. The average Bonchev–Trinajstić information content (AvgIpc) is 2.92. The molecule has 0 fully saturated rings. The number of anilines is 1. The summed E-state index contributed by atoms with van der Waals surface area (Å²) in [6.45, 7) is 2.05. The molecule has 0 saturated heterocycles. The molecule has 3 rings (SSSR count). The first-order chi connectivity index (χ1) is 9.79. The van der Waals surface area contributed by atoms with Crippen LogP contribution in [0.1, 0.15) is 23.0 Å². The highest BCUT2D eigenvalue weighted by molar-refractivity contribution is 6.11. The molecule has 20 heavy (non-hydrogen) atoms. The van der Waals surface area contributed by atoms with Gasteiger partial charge in [0, 0.05) is 18.1 Å². The van der Waals surface area contributed by atoms with Crippen LogP contribution in [-0.4, -0.2) is 21.1 Å². The molecular formula is C15H14N4O. The Morgan fingerprint density at radius 3 is 3.00 bits per heavy atom. The molecule has 100 valence electrons. The molecule has 1 amide bonds. The fraction of sp³-hybridized carbons (Fsp3) is 0.133. The van der Waals surface area contributed by atoms with Gasteiger partial charge in [0.15, 0.2) is 5.69 Å². The van der Waals surface area contributed by atoms with Gasteiger partial charge in [-0.15, -0.1) is 0 Å². The second-order valence-corrected chi connectivity index (χ2v) is 4.46. The van der Waals surface area contributed by atoms with Gasteiger partial charge in [-0.25, -0.2) is 0 Å². The van der Waals surface area contributed by atoms with E-state index in [0.717, 1.165) is 28.6 Å². The number of fused-ring (bicyclic) bond motifs is 1. The first-order valence-electron chi connectivity index (χ1n) is 6.47. The first kappa shape index (κ1) is 12.3. The molecule has 1 aromatic carbocycles. The maximum absolute atomic E-state index is 12.3. The minimum Gasteiger partial charge on any atom is -0.320 e. The van der Waals surface area contributed by atoms with E-state index < -0.39 is 0 Å². The van der Waals surface area contributed by atoms with E-state index in [-0.39, 0.29) is 5.91 Å². The number of para-hydroxylation sites is 1. The van der Waals surface area contributed by atoms with Crippen molar-refractivity contribution in [3.63, 3.8) is 0 Å². The number of hydrogen-bond donors (Lipinski definition) is 2. The van der Waals surface area contributed by atoms with Gasteiger partial charge in [-0.2, -0.15) is 5.10 Å². The minimum absolute atomic E-state index is 0.231. The molecule has 2 heterocycles. The lowest BCUT2D eigenvalue weighted by molar-refractivity contribution is 0.102. The third-order valence-corrected chi connectivity index (χ3v) is 3.23. The molecule has 0 radical (unpaired) electrons. The Labute approximate surface area is 116 Å². The smallest absolute Gasteiger partial charge is 0.276 e. The number of benzene rings is 1. The molecule has 0 spiro atoms. The Bertz CT molecular complexity index is 763. The number of amides is 1. The van der Waals surface area contributed by atoms with Crippen LogP contribution >= 0.6 is 0 Å². The number of aromatic nitrogens is 3. The van der Waals surface area contributed by atoms with Crippen molar-refractivity contribution in [2.45, 2.75) is 13.3 Å². The lowest BCUT2D eigenvalue weighted by Crippen LogP contribution is -2.14. The average molecular weight is 266 g/mol. The Morgan fingerprint density at radius 2 is 2.15 bits per heavy atom. The second-order valence-electron chi connectivity index (χ2n) is 4.46. The molecule has 2 N–H and O–H groups in total. The maximum Gasteiger partial charge on any atom is 0.276 e. The zero-order valence-electron chi connectivity index (χ0n) is 11.1. The first-order valence-corrected chi connectivity index (χ1v) is 6.47. The van der Waals surface area contributed by atoms with Crippen LogP contribution in [-0.2, 0) is 6.42 Å². The summed E-state index contributed by atoms with van der Waals surface area (Å²) < 4.78 is 0. The summed E-state index contributed by atoms with van der Waals surface area (Å²) in [6.07, 6.45) is 4.16. The van der Waals surface area contributed by atoms with Crippen molar-refractivity contribution in [1.82, 2.24) is 15.2 Å². The van der Waals surface area contributed by atoms with Gasteiger partial charge in [0.1, 0.15) is 0 Å². The van der Waals surface area contributed by atoms with Crippen LogP contribution in [0.2, 0.25) is 0 Å². The molecule has 5 nitrogen and oxygen atoms in total. The van der Waals surface area contributed by atoms with E-state index in [1.807, 2.05) is 24.3 Å². The summed E-state index contributed by atoms with van der Waals surface area (Å²) >= 11 is 0. The summed E-state index contributed by atoms with van der Waals surface area (Å²) in [7, 11) is 0. The third kappa shape index (κ3) is 2.14. The zero-order valence-corrected chi connectivity index (χ0v) is 11.1. The molecule has 0 aliphatic heterocycles. The Morgan fingerprint density at radius 1 is 1.30 bits per heavy atom. The second kappa shape index (κ2) is 5.13. The van der Waals surface area contributed by atoms with Gasteiger partial charge in [-0.05, 0) is 24.1 Å². The van der Waals surface area contributed by atoms with E-state index in [2.05, 4.69) is 27.4 Å². The normalized spacial score (nSPS) is 10.7. The van der Waals surface area contributed by atoms with Crippen LogP contribution in [0.5, 0.6) is 0 Å². The monoisotopic (exact) mass is 266 g/mol. The van der Waals surface area contributed by atoms with Crippen LogP contribution in [0, 0.1) is 0 Å². The van der Waals surface area contributed by atoms with E-state index in [1.54, 1.807) is 18.5 Å². The van der Waals surface area contributed by atoms with Crippen molar-refractivity contribution in [3.05, 3.63) is 54.0 Å². The van der Waals surface area contributed by atoms with Gasteiger partial charge in [-0.1, -0.05) is 25.1 Å². The third-order valence-electron chi connectivity index (χ3n) is 3.23. The molecular weight excluding hydrogens is 252 g/mol. The number of aryl methyl sites for hydroxylation is 1. The largest absolute Gasteiger partial charge is 0.320 e. The van der Waals surface area contributed by atoms with Crippen molar-refractivity contribution in [2.75, 3.05) is 5.32 Å². The van der Waals surface area contributed by atoms with Crippen molar-refractivity contribution in [2.24, 2.45) is 0 Å². The number of pyridine rings is 1. The lowest BCUT2D eigenvalue weighted by atomic mass is 10.1.